The number of aliphatic hydroxyl groups excluding tert-OH is 1. The highest BCUT2D eigenvalue weighted by atomic mass is 19.1. The summed E-state index contributed by atoms with van der Waals surface area (Å²) in [7, 11) is 0. The fourth-order valence-electron chi connectivity index (χ4n) is 1.51. The molecule has 1 atom stereocenters. The normalized spacial score (nSPS) is 12.7. The largest absolute Gasteiger partial charge is 0.503 e. The van der Waals surface area contributed by atoms with Gasteiger partial charge in [0.15, 0.2) is 17.4 Å². The van der Waals surface area contributed by atoms with E-state index in [1.54, 1.807) is 0 Å². The van der Waals surface area contributed by atoms with E-state index >= 15 is 0 Å². The van der Waals surface area contributed by atoms with Crippen LogP contribution in [0.5, 0.6) is 5.75 Å². The van der Waals surface area contributed by atoms with E-state index in [0.29, 0.717) is 31.0 Å². The van der Waals surface area contributed by atoms with Crippen LogP contribution in [0.4, 0.5) is 8.78 Å². The minimum Gasteiger partial charge on any atom is -0.503 e. The third kappa shape index (κ3) is 4.28. The Hall–Kier alpha value is -1.20. The van der Waals surface area contributed by atoms with Crippen LogP contribution in [0.2, 0.25) is 0 Å². The Labute approximate surface area is 99.1 Å². The van der Waals surface area contributed by atoms with Gasteiger partial charge in [0.2, 0.25) is 0 Å². The number of nitrogens with one attached hydrogen (secondary N) is 1. The molecule has 0 fully saturated rings. The molecular formula is C12H17F2NO2. The molecular weight excluding hydrogens is 228 g/mol. The molecule has 0 saturated carbocycles. The Morgan fingerprint density at radius 2 is 1.88 bits per heavy atom. The van der Waals surface area contributed by atoms with Gasteiger partial charge in [-0.15, -0.1) is 0 Å². The van der Waals surface area contributed by atoms with E-state index < -0.39 is 17.4 Å². The number of aromatic hydroxyl groups is 1. The second-order valence-electron chi connectivity index (χ2n) is 4.16. The van der Waals surface area contributed by atoms with Gasteiger partial charge in [0.05, 0.1) is 0 Å². The van der Waals surface area contributed by atoms with Crippen molar-refractivity contribution in [2.45, 2.75) is 19.9 Å². The van der Waals surface area contributed by atoms with Gasteiger partial charge in [0.25, 0.3) is 0 Å². The van der Waals surface area contributed by atoms with Gasteiger partial charge >= 0.3 is 0 Å². The first kappa shape index (κ1) is 13.9. The van der Waals surface area contributed by atoms with Gasteiger partial charge in [0, 0.05) is 13.2 Å². The number of benzene rings is 1. The minimum absolute atomic E-state index is 0.130. The van der Waals surface area contributed by atoms with Gasteiger partial charge in [-0.2, -0.15) is 0 Å². The number of halogens is 2. The standard InChI is InChI=1S/C12H17F2NO2/c1-8(2-3-16)6-15-7-9-4-10(13)12(17)11(14)5-9/h4-5,8,15-17H,2-3,6-7H2,1H3. The molecule has 0 amide bonds. The van der Waals surface area contributed by atoms with Crippen LogP contribution in [0.15, 0.2) is 12.1 Å². The highest BCUT2D eigenvalue weighted by Gasteiger charge is 2.09. The van der Waals surface area contributed by atoms with E-state index in [4.69, 9.17) is 10.2 Å². The first-order valence-electron chi connectivity index (χ1n) is 5.53. The van der Waals surface area contributed by atoms with Crippen molar-refractivity contribution in [2.24, 2.45) is 5.92 Å². The summed E-state index contributed by atoms with van der Waals surface area (Å²) in [6.07, 6.45) is 0.686. The van der Waals surface area contributed by atoms with Crippen molar-refractivity contribution in [3.63, 3.8) is 0 Å². The fraction of sp³-hybridized carbons (Fsp3) is 0.500. The number of rotatable bonds is 6. The van der Waals surface area contributed by atoms with E-state index in [-0.39, 0.29) is 6.61 Å². The zero-order valence-electron chi connectivity index (χ0n) is 9.71. The number of phenols is 1. The predicted molar refractivity (Wildman–Crippen MR) is 60.6 cm³/mol. The second kappa shape index (κ2) is 6.51. The van der Waals surface area contributed by atoms with Crippen LogP contribution in [0.25, 0.3) is 0 Å². The van der Waals surface area contributed by atoms with E-state index in [2.05, 4.69) is 5.32 Å². The summed E-state index contributed by atoms with van der Waals surface area (Å²) in [5.41, 5.74) is 0.439. The Morgan fingerprint density at radius 1 is 1.29 bits per heavy atom. The van der Waals surface area contributed by atoms with Crippen molar-refractivity contribution in [3.8, 4) is 5.75 Å². The molecule has 1 aromatic rings. The minimum atomic E-state index is -0.954. The van der Waals surface area contributed by atoms with Gasteiger partial charge in [-0.3, -0.25) is 0 Å². The smallest absolute Gasteiger partial charge is 0.187 e. The Morgan fingerprint density at radius 3 is 2.41 bits per heavy atom. The van der Waals surface area contributed by atoms with Crippen molar-refractivity contribution >= 4 is 0 Å². The van der Waals surface area contributed by atoms with E-state index in [9.17, 15) is 8.78 Å². The number of hydrogen-bond acceptors (Lipinski definition) is 3. The van der Waals surface area contributed by atoms with Crippen molar-refractivity contribution in [2.75, 3.05) is 13.2 Å². The topological polar surface area (TPSA) is 52.5 Å². The third-order valence-corrected chi connectivity index (χ3v) is 2.52. The summed E-state index contributed by atoms with van der Waals surface area (Å²) in [5.74, 6) is -2.55. The SMILES string of the molecule is CC(CCO)CNCc1cc(F)c(O)c(F)c1. The van der Waals surface area contributed by atoms with Crippen LogP contribution in [0.3, 0.4) is 0 Å². The molecule has 1 aromatic carbocycles. The molecule has 3 N–H and O–H groups in total. The van der Waals surface area contributed by atoms with Crippen LogP contribution in [-0.4, -0.2) is 23.4 Å². The van der Waals surface area contributed by atoms with Crippen LogP contribution in [0.1, 0.15) is 18.9 Å². The fourth-order valence-corrected chi connectivity index (χ4v) is 1.51. The zero-order valence-corrected chi connectivity index (χ0v) is 9.71. The Kier molecular flexibility index (Phi) is 5.31. The molecule has 0 bridgehead atoms. The van der Waals surface area contributed by atoms with Crippen molar-refractivity contribution < 1.29 is 19.0 Å². The van der Waals surface area contributed by atoms with Gasteiger partial charge in [-0.1, -0.05) is 6.92 Å². The van der Waals surface area contributed by atoms with Crippen LogP contribution in [-0.2, 0) is 6.54 Å². The van der Waals surface area contributed by atoms with E-state index in [1.807, 2.05) is 6.92 Å². The highest BCUT2D eigenvalue weighted by molar-refractivity contribution is 5.29. The average molecular weight is 245 g/mol. The van der Waals surface area contributed by atoms with Crippen molar-refractivity contribution in [3.05, 3.63) is 29.3 Å². The lowest BCUT2D eigenvalue weighted by molar-refractivity contribution is 0.260. The van der Waals surface area contributed by atoms with Crippen LogP contribution in [0, 0.1) is 17.6 Å². The van der Waals surface area contributed by atoms with Gasteiger partial charge in [0.1, 0.15) is 0 Å². The number of phenolic OH excluding ortho intramolecular Hbond substituents is 1. The number of hydrogen-bond donors (Lipinski definition) is 3. The molecule has 0 aliphatic carbocycles. The lowest BCUT2D eigenvalue weighted by Crippen LogP contribution is -2.21. The van der Waals surface area contributed by atoms with Crippen LogP contribution >= 0.6 is 0 Å². The molecule has 0 heterocycles. The maximum Gasteiger partial charge on any atom is 0.187 e. The third-order valence-electron chi connectivity index (χ3n) is 2.52. The molecule has 0 radical (unpaired) electrons. The maximum atomic E-state index is 13.0. The summed E-state index contributed by atoms with van der Waals surface area (Å²) in [4.78, 5) is 0. The molecule has 0 spiro atoms. The molecule has 3 nitrogen and oxygen atoms in total. The van der Waals surface area contributed by atoms with Crippen molar-refractivity contribution in [1.82, 2.24) is 5.32 Å². The van der Waals surface area contributed by atoms with Crippen LogP contribution < -0.4 is 5.32 Å². The Bertz CT molecular complexity index is 349. The summed E-state index contributed by atoms with van der Waals surface area (Å²) in [5, 5.41) is 20.7. The summed E-state index contributed by atoms with van der Waals surface area (Å²) in [6, 6.07) is 2.20. The molecule has 0 saturated heterocycles. The maximum absolute atomic E-state index is 13.0. The average Bonchev–Trinajstić information content (AvgIpc) is 2.26. The monoisotopic (exact) mass is 245 g/mol. The lowest BCUT2D eigenvalue weighted by Gasteiger charge is -2.11. The van der Waals surface area contributed by atoms with Gasteiger partial charge in [-0.25, -0.2) is 8.78 Å². The lowest BCUT2D eigenvalue weighted by atomic mass is 10.1. The molecule has 17 heavy (non-hydrogen) atoms. The molecule has 0 aliphatic rings. The van der Waals surface area contributed by atoms with Crippen molar-refractivity contribution in [1.29, 1.82) is 0 Å². The molecule has 0 aromatic heterocycles. The van der Waals surface area contributed by atoms with Gasteiger partial charge < -0.3 is 15.5 Å². The molecule has 1 unspecified atom stereocenters. The number of aliphatic hydroxyl groups is 1. The van der Waals surface area contributed by atoms with E-state index in [1.165, 1.54) is 0 Å². The molecule has 5 heteroatoms. The summed E-state index contributed by atoms with van der Waals surface area (Å²) < 4.78 is 26.0. The predicted octanol–water partition coefficient (Wildman–Crippen LogP) is 1.78. The second-order valence-corrected chi connectivity index (χ2v) is 4.16. The molecule has 0 aliphatic heterocycles. The quantitative estimate of drug-likeness (QED) is 0.716. The first-order chi connectivity index (χ1) is 8.04. The highest BCUT2D eigenvalue weighted by Crippen LogP contribution is 2.21. The summed E-state index contributed by atoms with van der Waals surface area (Å²) in [6.45, 7) is 3.08. The van der Waals surface area contributed by atoms with Gasteiger partial charge in [-0.05, 0) is 36.6 Å². The Balaban J connectivity index is 2.47. The zero-order chi connectivity index (χ0) is 12.8. The van der Waals surface area contributed by atoms with E-state index in [0.717, 1.165) is 12.1 Å². The molecule has 96 valence electrons. The first-order valence-corrected chi connectivity index (χ1v) is 5.53. The summed E-state index contributed by atoms with van der Waals surface area (Å²) >= 11 is 0. The molecule has 1 rings (SSSR count).